The molecule has 52 valence electrons. The van der Waals surface area contributed by atoms with Crippen LogP contribution in [0.1, 0.15) is 5.56 Å². The quantitative estimate of drug-likeness (QED) is 0.348. The lowest BCUT2D eigenvalue weighted by atomic mass is 10.2. The molecule has 1 N–H and O–H groups in total. The van der Waals surface area contributed by atoms with Gasteiger partial charge in [0.2, 0.25) is 0 Å². The van der Waals surface area contributed by atoms with Crippen molar-refractivity contribution in [2.45, 2.75) is 0 Å². The lowest BCUT2D eigenvalue weighted by molar-refractivity contribution is -0.268. The molecule has 0 bridgehead atoms. The summed E-state index contributed by atoms with van der Waals surface area (Å²) >= 11 is 0. The molecule has 3 nitrogen and oxygen atoms in total. The largest absolute Gasteiger partial charge is 0.872 e. The van der Waals surface area contributed by atoms with Crippen molar-refractivity contribution in [1.29, 1.82) is 0 Å². The lowest BCUT2D eigenvalue weighted by Crippen LogP contribution is -1.94. The molecule has 3 heteroatoms. The van der Waals surface area contributed by atoms with Gasteiger partial charge < -0.3 is 10.3 Å². The minimum atomic E-state index is -0.139. The van der Waals surface area contributed by atoms with Crippen molar-refractivity contribution >= 4 is 6.21 Å². The van der Waals surface area contributed by atoms with Crippen molar-refractivity contribution < 1.29 is 10.3 Å². The first-order valence-electron chi connectivity index (χ1n) is 2.78. The van der Waals surface area contributed by atoms with Crippen LogP contribution in [0.15, 0.2) is 29.4 Å². The van der Waals surface area contributed by atoms with E-state index in [9.17, 15) is 5.11 Å². The van der Waals surface area contributed by atoms with Crippen LogP contribution in [0.5, 0.6) is 5.75 Å². The Morgan fingerprint density at radius 1 is 1.40 bits per heavy atom. The first-order valence-corrected chi connectivity index (χ1v) is 2.78. The summed E-state index contributed by atoms with van der Waals surface area (Å²) in [7, 11) is 0. The van der Waals surface area contributed by atoms with Crippen LogP contribution in [-0.4, -0.2) is 11.4 Å². The van der Waals surface area contributed by atoms with Gasteiger partial charge in [-0.2, -0.15) is 0 Å². The Hall–Kier alpha value is -1.51. The van der Waals surface area contributed by atoms with Gasteiger partial charge in [0, 0.05) is 0 Å². The molecule has 0 amide bonds. The summed E-state index contributed by atoms with van der Waals surface area (Å²) in [6, 6.07) is 6.34. The summed E-state index contributed by atoms with van der Waals surface area (Å²) in [5.41, 5.74) is 0.394. The number of hydrogen-bond donors (Lipinski definition) is 1. The van der Waals surface area contributed by atoms with Gasteiger partial charge in [0.05, 0.1) is 6.21 Å². The highest BCUT2D eigenvalue weighted by atomic mass is 16.4. The third-order valence-corrected chi connectivity index (χ3v) is 1.12. The van der Waals surface area contributed by atoms with E-state index in [-0.39, 0.29) is 5.75 Å². The van der Waals surface area contributed by atoms with Crippen molar-refractivity contribution in [2.24, 2.45) is 5.16 Å². The Balaban J connectivity index is 3.03. The zero-order valence-corrected chi connectivity index (χ0v) is 5.19. The fourth-order valence-corrected chi connectivity index (χ4v) is 0.649. The molecule has 0 fully saturated rings. The van der Waals surface area contributed by atoms with Gasteiger partial charge in [0.1, 0.15) is 0 Å². The zero-order valence-electron chi connectivity index (χ0n) is 5.19. The predicted molar refractivity (Wildman–Crippen MR) is 35.3 cm³/mol. The third kappa shape index (κ3) is 1.25. The Morgan fingerprint density at radius 3 is 2.70 bits per heavy atom. The summed E-state index contributed by atoms with van der Waals surface area (Å²) in [6.07, 6.45) is 1.11. The van der Waals surface area contributed by atoms with Gasteiger partial charge in [-0.3, -0.25) is 0 Å². The second-order valence-corrected chi connectivity index (χ2v) is 1.78. The number of oxime groups is 1. The monoisotopic (exact) mass is 136 g/mol. The molecule has 0 aliphatic carbocycles. The van der Waals surface area contributed by atoms with Gasteiger partial charge in [-0.05, 0) is 5.56 Å². The first kappa shape index (κ1) is 6.61. The maximum absolute atomic E-state index is 10.8. The highest BCUT2D eigenvalue weighted by Gasteiger charge is 1.84. The number of benzene rings is 1. The van der Waals surface area contributed by atoms with Gasteiger partial charge in [-0.15, -0.1) is 0 Å². The molecule has 1 aromatic rings. The molecule has 0 aliphatic rings. The summed E-state index contributed by atoms with van der Waals surface area (Å²) in [5, 5.41) is 21.6. The van der Waals surface area contributed by atoms with Gasteiger partial charge in [-0.1, -0.05) is 35.2 Å². The first-order chi connectivity index (χ1) is 4.84. The Morgan fingerprint density at radius 2 is 2.10 bits per heavy atom. The molecule has 1 rings (SSSR count). The SMILES string of the molecule is [O-]c1ccccc1/C=N/O. The van der Waals surface area contributed by atoms with E-state index in [0.29, 0.717) is 5.56 Å². The van der Waals surface area contributed by atoms with E-state index in [4.69, 9.17) is 5.21 Å². The highest BCUT2D eigenvalue weighted by molar-refractivity contribution is 5.82. The molecule has 0 spiro atoms. The fourth-order valence-electron chi connectivity index (χ4n) is 0.649. The second kappa shape index (κ2) is 2.87. The van der Waals surface area contributed by atoms with E-state index in [1.807, 2.05) is 0 Å². The molecule has 10 heavy (non-hydrogen) atoms. The van der Waals surface area contributed by atoms with Crippen LogP contribution in [0, 0.1) is 0 Å². The minimum absolute atomic E-state index is 0.139. The van der Waals surface area contributed by atoms with Gasteiger partial charge in [0.15, 0.2) is 0 Å². The molecule has 0 saturated heterocycles. The predicted octanol–water partition coefficient (Wildman–Crippen LogP) is 0.568. The Labute approximate surface area is 58.2 Å². The third-order valence-electron chi connectivity index (χ3n) is 1.12. The Bertz CT molecular complexity index is 245. The highest BCUT2D eigenvalue weighted by Crippen LogP contribution is 2.08. The maximum Gasteiger partial charge on any atom is 0.0727 e. The molecule has 0 unspecified atom stereocenters. The van der Waals surface area contributed by atoms with Crippen LogP contribution in [0.25, 0.3) is 0 Å². The second-order valence-electron chi connectivity index (χ2n) is 1.78. The van der Waals surface area contributed by atoms with Gasteiger partial charge >= 0.3 is 0 Å². The Kier molecular flexibility index (Phi) is 1.89. The molecular weight excluding hydrogens is 130 g/mol. The standard InChI is InChI=1S/C7H7NO2/c9-7-4-2-1-3-6(7)5-8-10/h1-5,9-10H/p-1/b8-5+. The number of nitrogens with zero attached hydrogens (tertiary/aromatic N) is 1. The van der Waals surface area contributed by atoms with E-state index >= 15 is 0 Å². The summed E-state index contributed by atoms with van der Waals surface area (Å²) < 4.78 is 0. The number of hydrogen-bond acceptors (Lipinski definition) is 3. The maximum atomic E-state index is 10.8. The van der Waals surface area contributed by atoms with Crippen molar-refractivity contribution in [3.05, 3.63) is 29.8 Å². The van der Waals surface area contributed by atoms with Crippen molar-refractivity contribution in [3.63, 3.8) is 0 Å². The topological polar surface area (TPSA) is 55.7 Å². The summed E-state index contributed by atoms with van der Waals surface area (Å²) in [4.78, 5) is 0. The number of para-hydroxylation sites is 1. The fraction of sp³-hybridized carbons (Fsp3) is 0. The van der Waals surface area contributed by atoms with E-state index in [1.165, 1.54) is 6.07 Å². The van der Waals surface area contributed by atoms with Crippen LogP contribution in [0.2, 0.25) is 0 Å². The number of rotatable bonds is 1. The van der Waals surface area contributed by atoms with E-state index in [1.54, 1.807) is 18.2 Å². The van der Waals surface area contributed by atoms with E-state index in [2.05, 4.69) is 5.16 Å². The molecule has 0 saturated carbocycles. The molecule has 0 heterocycles. The van der Waals surface area contributed by atoms with Crippen LogP contribution < -0.4 is 5.11 Å². The molecule has 0 radical (unpaired) electrons. The van der Waals surface area contributed by atoms with Crippen molar-refractivity contribution in [1.82, 2.24) is 0 Å². The van der Waals surface area contributed by atoms with Gasteiger partial charge in [-0.25, -0.2) is 0 Å². The van der Waals surface area contributed by atoms with Crippen LogP contribution in [-0.2, 0) is 0 Å². The normalized spacial score (nSPS) is 10.4. The molecule has 0 aromatic heterocycles. The van der Waals surface area contributed by atoms with Crippen LogP contribution in [0.4, 0.5) is 0 Å². The molecule has 1 aromatic carbocycles. The van der Waals surface area contributed by atoms with Crippen molar-refractivity contribution in [3.8, 4) is 5.75 Å². The molecular formula is C7H6NO2-. The lowest BCUT2D eigenvalue weighted by Gasteiger charge is -2.06. The zero-order chi connectivity index (χ0) is 7.40. The summed E-state index contributed by atoms with van der Waals surface area (Å²) in [6.45, 7) is 0. The molecule has 0 atom stereocenters. The summed E-state index contributed by atoms with van der Waals surface area (Å²) in [5.74, 6) is -0.139. The average Bonchev–Trinajstić information content (AvgIpc) is 1.94. The smallest absolute Gasteiger partial charge is 0.0727 e. The van der Waals surface area contributed by atoms with E-state index < -0.39 is 0 Å². The van der Waals surface area contributed by atoms with Crippen LogP contribution >= 0.6 is 0 Å². The minimum Gasteiger partial charge on any atom is -0.872 e. The van der Waals surface area contributed by atoms with Gasteiger partial charge in [0.25, 0.3) is 0 Å². The van der Waals surface area contributed by atoms with Crippen LogP contribution in [0.3, 0.4) is 0 Å². The van der Waals surface area contributed by atoms with Crippen molar-refractivity contribution in [2.75, 3.05) is 0 Å². The average molecular weight is 136 g/mol. The molecule has 0 aliphatic heterocycles. The van der Waals surface area contributed by atoms with E-state index in [0.717, 1.165) is 6.21 Å².